The standard InChI is InChI=1S/C64H114O6/c1-4-7-10-13-16-19-22-25-28-31-34-36-39-42-45-48-51-54-57-63(66)69-60-61(70-64(67)58-55-52-49-46-43-40-37-33-30-27-24-21-18-15-12-9-6-3)59-68-62(65)56-53-50-47-44-41-38-35-32-29-26-23-20-17-14-11-8-5-2/h18-19,21-22,26-31,61H,4-17,20,23-25,32-60H2,1-3H3/b21-18-,22-19-,29-26-,30-27-,31-28-. The number of carbonyl (C=O) groups excluding carboxylic acids is 3. The third-order valence-corrected chi connectivity index (χ3v) is 13.2. The van der Waals surface area contributed by atoms with E-state index >= 15 is 0 Å². The van der Waals surface area contributed by atoms with Crippen molar-refractivity contribution in [2.45, 2.75) is 316 Å². The van der Waals surface area contributed by atoms with Gasteiger partial charge in [0.1, 0.15) is 13.2 Å². The Balaban J connectivity index is 4.40. The highest BCUT2D eigenvalue weighted by Crippen LogP contribution is 2.15. The fourth-order valence-corrected chi connectivity index (χ4v) is 8.62. The third kappa shape index (κ3) is 56.0. The molecule has 0 heterocycles. The summed E-state index contributed by atoms with van der Waals surface area (Å²) in [5, 5.41) is 0. The molecule has 0 aliphatic rings. The van der Waals surface area contributed by atoms with Crippen LogP contribution in [-0.2, 0) is 28.6 Å². The van der Waals surface area contributed by atoms with Crippen molar-refractivity contribution in [2.24, 2.45) is 0 Å². The summed E-state index contributed by atoms with van der Waals surface area (Å²) in [6.45, 7) is 6.61. The Morgan fingerprint density at radius 2 is 0.514 bits per heavy atom. The zero-order chi connectivity index (χ0) is 50.7. The molecule has 406 valence electrons. The summed E-state index contributed by atoms with van der Waals surface area (Å²) in [5.74, 6) is -0.887. The lowest BCUT2D eigenvalue weighted by Gasteiger charge is -2.18. The molecule has 6 heteroatoms. The van der Waals surface area contributed by atoms with E-state index in [1.54, 1.807) is 0 Å². The Hall–Kier alpha value is -2.89. The van der Waals surface area contributed by atoms with Crippen molar-refractivity contribution in [1.29, 1.82) is 0 Å². The van der Waals surface area contributed by atoms with Crippen LogP contribution in [0.2, 0.25) is 0 Å². The average molecular weight is 980 g/mol. The summed E-state index contributed by atoms with van der Waals surface area (Å²) < 4.78 is 16.9. The van der Waals surface area contributed by atoms with Crippen LogP contribution in [0.5, 0.6) is 0 Å². The maximum absolute atomic E-state index is 12.9. The van der Waals surface area contributed by atoms with Crippen LogP contribution in [0.4, 0.5) is 0 Å². The molecule has 0 radical (unpaired) electrons. The molecule has 1 atom stereocenters. The summed E-state index contributed by atoms with van der Waals surface area (Å²) in [5.41, 5.74) is 0. The molecule has 0 amide bonds. The second-order valence-corrected chi connectivity index (χ2v) is 20.2. The highest BCUT2D eigenvalue weighted by molar-refractivity contribution is 5.71. The van der Waals surface area contributed by atoms with Crippen LogP contribution in [0, 0.1) is 0 Å². The van der Waals surface area contributed by atoms with Crippen LogP contribution in [0.1, 0.15) is 310 Å². The van der Waals surface area contributed by atoms with Crippen LogP contribution in [-0.4, -0.2) is 37.2 Å². The molecule has 0 aromatic rings. The Bertz CT molecular complexity index is 1260. The molecule has 6 nitrogen and oxygen atoms in total. The van der Waals surface area contributed by atoms with Gasteiger partial charge >= 0.3 is 17.9 Å². The minimum Gasteiger partial charge on any atom is -0.462 e. The Kier molecular flexibility index (Phi) is 56.3. The van der Waals surface area contributed by atoms with E-state index in [4.69, 9.17) is 14.2 Å². The van der Waals surface area contributed by atoms with Gasteiger partial charge in [0.25, 0.3) is 0 Å². The van der Waals surface area contributed by atoms with E-state index in [1.807, 2.05) is 0 Å². The van der Waals surface area contributed by atoms with Crippen molar-refractivity contribution in [3.05, 3.63) is 60.8 Å². The molecule has 0 aliphatic heterocycles. The summed E-state index contributed by atoms with van der Waals surface area (Å²) in [6.07, 6.45) is 73.5. The zero-order valence-corrected chi connectivity index (χ0v) is 46.5. The van der Waals surface area contributed by atoms with Crippen molar-refractivity contribution in [1.82, 2.24) is 0 Å². The van der Waals surface area contributed by atoms with Gasteiger partial charge in [0.2, 0.25) is 0 Å². The van der Waals surface area contributed by atoms with Crippen LogP contribution >= 0.6 is 0 Å². The van der Waals surface area contributed by atoms with Crippen LogP contribution < -0.4 is 0 Å². The maximum atomic E-state index is 12.9. The first-order chi connectivity index (χ1) is 34.5. The van der Waals surface area contributed by atoms with Gasteiger partial charge in [0, 0.05) is 19.3 Å². The summed E-state index contributed by atoms with van der Waals surface area (Å²) in [7, 11) is 0. The minimum absolute atomic E-state index is 0.0811. The number of rotatable bonds is 55. The summed E-state index contributed by atoms with van der Waals surface area (Å²) >= 11 is 0. The Morgan fingerprint density at radius 3 is 0.843 bits per heavy atom. The van der Waals surface area contributed by atoms with Crippen molar-refractivity contribution in [3.63, 3.8) is 0 Å². The molecule has 0 saturated carbocycles. The summed E-state index contributed by atoms with van der Waals surface area (Å²) in [4.78, 5) is 38.2. The van der Waals surface area contributed by atoms with E-state index in [9.17, 15) is 14.4 Å². The first kappa shape index (κ1) is 67.1. The van der Waals surface area contributed by atoms with E-state index in [0.717, 1.165) is 83.5 Å². The molecule has 0 spiro atoms. The fourth-order valence-electron chi connectivity index (χ4n) is 8.62. The topological polar surface area (TPSA) is 78.9 Å². The number of hydrogen-bond acceptors (Lipinski definition) is 6. The molecule has 1 unspecified atom stereocenters. The molecule has 0 bridgehead atoms. The Labute approximate surface area is 434 Å². The number of carbonyl (C=O) groups is 3. The molecule has 0 saturated heterocycles. The molecule has 0 fully saturated rings. The predicted molar refractivity (Wildman–Crippen MR) is 302 cm³/mol. The lowest BCUT2D eigenvalue weighted by atomic mass is 10.1. The zero-order valence-electron chi connectivity index (χ0n) is 46.5. The van der Waals surface area contributed by atoms with E-state index in [0.29, 0.717) is 19.3 Å². The van der Waals surface area contributed by atoms with E-state index < -0.39 is 6.10 Å². The predicted octanol–water partition coefficient (Wildman–Crippen LogP) is 20.4. The molecule has 0 rings (SSSR count). The van der Waals surface area contributed by atoms with Gasteiger partial charge in [-0.25, -0.2) is 0 Å². The molecular weight excluding hydrogens is 865 g/mol. The van der Waals surface area contributed by atoms with Gasteiger partial charge in [-0.05, 0) is 109 Å². The van der Waals surface area contributed by atoms with Crippen LogP contribution in [0.3, 0.4) is 0 Å². The van der Waals surface area contributed by atoms with Crippen molar-refractivity contribution >= 4 is 17.9 Å². The van der Waals surface area contributed by atoms with Gasteiger partial charge in [-0.15, -0.1) is 0 Å². The van der Waals surface area contributed by atoms with Crippen molar-refractivity contribution in [3.8, 4) is 0 Å². The van der Waals surface area contributed by atoms with Crippen LogP contribution in [0.25, 0.3) is 0 Å². The van der Waals surface area contributed by atoms with E-state index in [-0.39, 0.29) is 31.1 Å². The van der Waals surface area contributed by atoms with E-state index in [1.165, 1.54) is 186 Å². The highest BCUT2D eigenvalue weighted by atomic mass is 16.6. The number of unbranched alkanes of at least 4 members (excludes halogenated alkanes) is 34. The summed E-state index contributed by atoms with van der Waals surface area (Å²) in [6, 6.07) is 0. The molecule has 70 heavy (non-hydrogen) atoms. The van der Waals surface area contributed by atoms with Crippen LogP contribution in [0.15, 0.2) is 60.8 Å². The SMILES string of the molecule is CCCCC/C=C\C/C=C\CCCCCCCCCC(=O)OC(COC(=O)CCCCCCCCC/C=C\C/C=C\CCCCCC)COC(=O)CCCCCCCCC/C=C\CCCCCCCC. The lowest BCUT2D eigenvalue weighted by Crippen LogP contribution is -2.30. The van der Waals surface area contributed by atoms with Crippen molar-refractivity contribution < 1.29 is 28.6 Å². The molecular formula is C64H114O6. The molecule has 0 aliphatic carbocycles. The normalized spacial score (nSPS) is 12.4. The molecule has 0 aromatic carbocycles. The Morgan fingerprint density at radius 1 is 0.286 bits per heavy atom. The smallest absolute Gasteiger partial charge is 0.306 e. The molecule has 0 N–H and O–H groups in total. The van der Waals surface area contributed by atoms with E-state index in [2.05, 4.69) is 81.5 Å². The van der Waals surface area contributed by atoms with Crippen molar-refractivity contribution in [2.75, 3.05) is 13.2 Å². The maximum Gasteiger partial charge on any atom is 0.306 e. The third-order valence-electron chi connectivity index (χ3n) is 13.2. The monoisotopic (exact) mass is 979 g/mol. The van der Waals surface area contributed by atoms with Gasteiger partial charge in [-0.1, -0.05) is 242 Å². The van der Waals surface area contributed by atoms with Gasteiger partial charge in [0.05, 0.1) is 0 Å². The fraction of sp³-hybridized carbons (Fsp3) is 0.797. The van der Waals surface area contributed by atoms with Gasteiger partial charge in [0.15, 0.2) is 6.10 Å². The first-order valence-electron chi connectivity index (χ1n) is 30.3. The quantitative estimate of drug-likeness (QED) is 0.0261. The average Bonchev–Trinajstić information content (AvgIpc) is 3.36. The first-order valence-corrected chi connectivity index (χ1v) is 30.3. The largest absolute Gasteiger partial charge is 0.462 e. The number of ether oxygens (including phenoxy) is 3. The van der Waals surface area contributed by atoms with Gasteiger partial charge in [-0.3, -0.25) is 14.4 Å². The van der Waals surface area contributed by atoms with Gasteiger partial charge < -0.3 is 14.2 Å². The lowest BCUT2D eigenvalue weighted by molar-refractivity contribution is -0.167. The second kappa shape index (κ2) is 58.7. The number of hydrogen-bond donors (Lipinski definition) is 0. The minimum atomic E-state index is -0.784. The second-order valence-electron chi connectivity index (χ2n) is 20.2. The highest BCUT2D eigenvalue weighted by Gasteiger charge is 2.19. The molecule has 0 aromatic heterocycles. The number of allylic oxidation sites excluding steroid dienone is 10. The van der Waals surface area contributed by atoms with Gasteiger partial charge in [-0.2, -0.15) is 0 Å². The number of esters is 3.